The summed E-state index contributed by atoms with van der Waals surface area (Å²) in [4.78, 5) is 12.8. The summed E-state index contributed by atoms with van der Waals surface area (Å²) in [6.45, 7) is 3.87. The summed E-state index contributed by atoms with van der Waals surface area (Å²) in [7, 11) is -3.66. The highest BCUT2D eigenvalue weighted by molar-refractivity contribution is 7.92. The largest absolute Gasteiger partial charge is 0.345 e. The van der Waals surface area contributed by atoms with Crippen LogP contribution in [-0.2, 0) is 16.6 Å². The molecule has 0 heterocycles. The van der Waals surface area contributed by atoms with Crippen LogP contribution >= 0.6 is 0 Å². The first kappa shape index (κ1) is 23.5. The number of rotatable bonds is 8. The third-order valence-corrected chi connectivity index (χ3v) is 6.42. The molecule has 1 amide bonds. The molecule has 0 saturated carbocycles. The van der Waals surface area contributed by atoms with E-state index in [4.69, 9.17) is 0 Å². The summed E-state index contributed by atoms with van der Waals surface area (Å²) in [5.41, 5.74) is 3.22. The molecule has 0 radical (unpaired) electrons. The van der Waals surface area contributed by atoms with E-state index >= 15 is 0 Å². The van der Waals surface area contributed by atoms with Crippen LogP contribution in [0.3, 0.4) is 0 Å². The van der Waals surface area contributed by atoms with Gasteiger partial charge in [0.05, 0.1) is 24.5 Å². The Balaban J connectivity index is 1.79. The van der Waals surface area contributed by atoms with Gasteiger partial charge in [0.15, 0.2) is 0 Å². The van der Waals surface area contributed by atoms with Gasteiger partial charge < -0.3 is 5.32 Å². The van der Waals surface area contributed by atoms with E-state index in [1.54, 1.807) is 42.5 Å². The molecule has 0 unspecified atom stereocenters. The molecule has 0 aliphatic rings. The number of benzene rings is 3. The van der Waals surface area contributed by atoms with Crippen LogP contribution in [0.15, 0.2) is 72.8 Å². The van der Waals surface area contributed by atoms with Crippen molar-refractivity contribution in [2.75, 3.05) is 10.6 Å². The van der Waals surface area contributed by atoms with Crippen LogP contribution in [0, 0.1) is 12.7 Å². The first-order valence-electron chi connectivity index (χ1n) is 10.4. The maximum atomic E-state index is 14.1. The summed E-state index contributed by atoms with van der Waals surface area (Å²) < 4.78 is 39.9. The van der Waals surface area contributed by atoms with Gasteiger partial charge in [0, 0.05) is 11.1 Å². The lowest BCUT2D eigenvalue weighted by Gasteiger charge is -2.23. The number of anilines is 1. The summed E-state index contributed by atoms with van der Waals surface area (Å²) in [6, 6.07) is 20.2. The molecule has 0 aromatic heterocycles. The van der Waals surface area contributed by atoms with Gasteiger partial charge in [-0.05, 0) is 49.2 Å². The lowest BCUT2D eigenvalue weighted by molar-refractivity contribution is 0.0935. The van der Waals surface area contributed by atoms with Crippen LogP contribution in [0.1, 0.15) is 46.4 Å². The molecule has 32 heavy (non-hydrogen) atoms. The molecular formula is C25H27FN2O3S. The van der Waals surface area contributed by atoms with Crippen molar-refractivity contribution in [3.8, 4) is 0 Å². The number of aryl methyl sites for hydroxylation is 1. The van der Waals surface area contributed by atoms with E-state index in [0.717, 1.165) is 28.1 Å². The Morgan fingerprint density at radius 2 is 1.62 bits per heavy atom. The quantitative estimate of drug-likeness (QED) is 0.522. The van der Waals surface area contributed by atoms with Gasteiger partial charge in [0.25, 0.3) is 5.91 Å². The molecule has 168 valence electrons. The van der Waals surface area contributed by atoms with Gasteiger partial charge in [-0.2, -0.15) is 0 Å². The Kier molecular flexibility index (Phi) is 7.30. The number of hydrogen-bond donors (Lipinski definition) is 1. The number of nitrogens with zero attached hydrogens (tertiary/aromatic N) is 1. The summed E-state index contributed by atoms with van der Waals surface area (Å²) >= 11 is 0. The number of carbonyl (C=O) groups excluding carboxylic acids is 1. The van der Waals surface area contributed by atoms with Gasteiger partial charge in [0.2, 0.25) is 10.0 Å². The average Bonchev–Trinajstić information content (AvgIpc) is 2.77. The highest BCUT2D eigenvalue weighted by Crippen LogP contribution is 2.23. The van der Waals surface area contributed by atoms with Gasteiger partial charge in [-0.1, -0.05) is 55.0 Å². The number of sulfonamides is 1. The molecule has 3 rings (SSSR count). The van der Waals surface area contributed by atoms with Gasteiger partial charge >= 0.3 is 0 Å². The molecule has 5 nitrogen and oxygen atoms in total. The lowest BCUT2D eigenvalue weighted by atomic mass is 10.0. The second-order valence-electron chi connectivity index (χ2n) is 7.75. The van der Waals surface area contributed by atoms with E-state index in [2.05, 4.69) is 5.32 Å². The standard InChI is InChI=1S/C25H27FN2O3S/c1-4-24(19-11-9-18(2)10-12-19)27-25(29)20-13-15-22(16-14-20)28(32(3,30)31)17-21-7-5-6-8-23(21)26/h5-16,24H,4,17H2,1-3H3,(H,27,29)/t24-/m0/s1. The lowest BCUT2D eigenvalue weighted by Crippen LogP contribution is -2.30. The molecule has 0 bridgehead atoms. The Hall–Kier alpha value is -3.19. The molecule has 0 spiro atoms. The minimum Gasteiger partial charge on any atom is -0.345 e. The molecule has 3 aromatic rings. The maximum absolute atomic E-state index is 14.1. The predicted molar refractivity (Wildman–Crippen MR) is 126 cm³/mol. The summed E-state index contributed by atoms with van der Waals surface area (Å²) in [6.07, 6.45) is 1.80. The Labute approximate surface area is 188 Å². The fourth-order valence-electron chi connectivity index (χ4n) is 3.42. The molecule has 1 N–H and O–H groups in total. The van der Waals surface area contributed by atoms with Crippen LogP contribution in [0.5, 0.6) is 0 Å². The fourth-order valence-corrected chi connectivity index (χ4v) is 4.30. The van der Waals surface area contributed by atoms with Crippen molar-refractivity contribution in [1.29, 1.82) is 0 Å². The van der Waals surface area contributed by atoms with Crippen molar-refractivity contribution >= 4 is 21.6 Å². The monoisotopic (exact) mass is 454 g/mol. The SMILES string of the molecule is CC[C@H](NC(=O)c1ccc(N(Cc2ccccc2F)S(C)(=O)=O)cc1)c1ccc(C)cc1. The second kappa shape index (κ2) is 9.96. The van der Waals surface area contributed by atoms with Crippen LogP contribution in [0.25, 0.3) is 0 Å². The first-order chi connectivity index (χ1) is 15.2. The highest BCUT2D eigenvalue weighted by Gasteiger charge is 2.20. The van der Waals surface area contributed by atoms with Crippen LogP contribution in [-0.4, -0.2) is 20.6 Å². The second-order valence-corrected chi connectivity index (χ2v) is 9.66. The van der Waals surface area contributed by atoms with Crippen molar-refractivity contribution in [3.05, 3.63) is 101 Å². The minimum atomic E-state index is -3.66. The molecule has 3 aromatic carbocycles. The van der Waals surface area contributed by atoms with Gasteiger partial charge in [-0.25, -0.2) is 12.8 Å². The zero-order valence-electron chi connectivity index (χ0n) is 18.4. The van der Waals surface area contributed by atoms with Crippen LogP contribution in [0.2, 0.25) is 0 Å². The molecule has 0 saturated heterocycles. The predicted octanol–water partition coefficient (Wildman–Crippen LogP) is 4.98. The van der Waals surface area contributed by atoms with Gasteiger partial charge in [0.1, 0.15) is 5.82 Å². The Morgan fingerprint density at radius 1 is 1.00 bits per heavy atom. The number of nitrogens with one attached hydrogen (secondary N) is 1. The Bertz CT molecular complexity index is 1180. The van der Waals surface area contributed by atoms with Crippen LogP contribution in [0.4, 0.5) is 10.1 Å². The summed E-state index contributed by atoms with van der Waals surface area (Å²) in [5.74, 6) is -0.720. The molecule has 0 fully saturated rings. The van der Waals surface area contributed by atoms with E-state index < -0.39 is 15.8 Å². The Morgan fingerprint density at radius 3 is 2.19 bits per heavy atom. The third-order valence-electron chi connectivity index (χ3n) is 5.28. The minimum absolute atomic E-state index is 0.128. The van der Waals surface area contributed by atoms with Crippen LogP contribution < -0.4 is 9.62 Å². The number of carbonyl (C=O) groups is 1. The van der Waals surface area contributed by atoms with E-state index in [9.17, 15) is 17.6 Å². The zero-order valence-corrected chi connectivity index (χ0v) is 19.2. The van der Waals surface area contributed by atoms with Crippen molar-refractivity contribution in [2.24, 2.45) is 0 Å². The molecule has 7 heteroatoms. The average molecular weight is 455 g/mol. The molecule has 0 aliphatic carbocycles. The van der Waals surface area contributed by atoms with Crippen molar-refractivity contribution in [1.82, 2.24) is 5.32 Å². The smallest absolute Gasteiger partial charge is 0.251 e. The van der Waals surface area contributed by atoms with Crippen molar-refractivity contribution in [2.45, 2.75) is 32.9 Å². The van der Waals surface area contributed by atoms with E-state index in [1.165, 1.54) is 6.07 Å². The summed E-state index contributed by atoms with van der Waals surface area (Å²) in [5, 5.41) is 3.02. The molecular weight excluding hydrogens is 427 g/mol. The van der Waals surface area contributed by atoms with Crippen molar-refractivity contribution in [3.63, 3.8) is 0 Å². The van der Waals surface area contributed by atoms with E-state index in [1.807, 2.05) is 38.1 Å². The topological polar surface area (TPSA) is 66.5 Å². The van der Waals surface area contributed by atoms with Gasteiger partial charge in [-0.3, -0.25) is 9.10 Å². The van der Waals surface area contributed by atoms with E-state index in [0.29, 0.717) is 11.3 Å². The highest BCUT2D eigenvalue weighted by atomic mass is 32.2. The number of hydrogen-bond acceptors (Lipinski definition) is 3. The fraction of sp³-hybridized carbons (Fsp3) is 0.240. The number of halogens is 1. The van der Waals surface area contributed by atoms with Crippen molar-refractivity contribution < 1.29 is 17.6 Å². The zero-order chi connectivity index (χ0) is 23.3. The number of amides is 1. The maximum Gasteiger partial charge on any atom is 0.251 e. The third kappa shape index (κ3) is 5.73. The van der Waals surface area contributed by atoms with E-state index in [-0.39, 0.29) is 24.1 Å². The first-order valence-corrected chi connectivity index (χ1v) is 12.2. The van der Waals surface area contributed by atoms with Gasteiger partial charge in [-0.15, -0.1) is 0 Å². The normalized spacial score (nSPS) is 12.2. The molecule has 0 aliphatic heterocycles. The molecule has 1 atom stereocenters.